The van der Waals surface area contributed by atoms with Gasteiger partial charge in [-0.05, 0) is 25.0 Å². The Balaban J connectivity index is 2.13. The second-order valence-corrected chi connectivity index (χ2v) is 4.13. The second kappa shape index (κ2) is 4.43. The molecule has 4 nitrogen and oxygen atoms in total. The largest absolute Gasteiger partial charge is 0.507 e. The number of nitrogens with one attached hydrogen (secondary N) is 1. The maximum atomic E-state index is 11.8. The molecule has 1 saturated carbocycles. The lowest BCUT2D eigenvalue weighted by molar-refractivity contribution is 0.0932. The Labute approximate surface area is 93.9 Å². The van der Waals surface area contributed by atoms with Crippen molar-refractivity contribution in [3.05, 3.63) is 23.8 Å². The van der Waals surface area contributed by atoms with E-state index in [0.29, 0.717) is 0 Å². The minimum atomic E-state index is -0.400. The zero-order valence-electron chi connectivity index (χ0n) is 8.94. The van der Waals surface area contributed by atoms with Crippen LogP contribution >= 0.6 is 0 Å². The summed E-state index contributed by atoms with van der Waals surface area (Å²) in [5.41, 5.74) is -0.0330. The fourth-order valence-electron chi connectivity index (χ4n) is 2.09. The standard InChI is InChI=1S/C12H15NO3/c14-9-6-3-7-10(15)11(9)12(16)13-8-4-1-2-5-8/h3,6-8,14-15H,1-2,4-5H2,(H,13,16). The van der Waals surface area contributed by atoms with Crippen molar-refractivity contribution in [2.75, 3.05) is 0 Å². The molecular weight excluding hydrogens is 206 g/mol. The van der Waals surface area contributed by atoms with E-state index in [-0.39, 0.29) is 23.1 Å². The Bertz CT molecular complexity index is 377. The molecule has 0 heterocycles. The zero-order chi connectivity index (χ0) is 11.5. The summed E-state index contributed by atoms with van der Waals surface area (Å²) in [6.45, 7) is 0. The molecule has 2 rings (SSSR count). The van der Waals surface area contributed by atoms with Gasteiger partial charge in [0.2, 0.25) is 0 Å². The van der Waals surface area contributed by atoms with Gasteiger partial charge in [0.1, 0.15) is 17.1 Å². The molecule has 1 aliphatic rings. The van der Waals surface area contributed by atoms with E-state index < -0.39 is 5.91 Å². The van der Waals surface area contributed by atoms with Gasteiger partial charge in [-0.2, -0.15) is 0 Å². The van der Waals surface area contributed by atoms with Gasteiger partial charge in [0.25, 0.3) is 5.91 Å². The number of phenols is 2. The smallest absolute Gasteiger partial charge is 0.259 e. The van der Waals surface area contributed by atoms with Crippen molar-refractivity contribution >= 4 is 5.91 Å². The van der Waals surface area contributed by atoms with Crippen LogP contribution in [0, 0.1) is 0 Å². The predicted molar refractivity (Wildman–Crippen MR) is 59.5 cm³/mol. The molecule has 1 aromatic carbocycles. The first kappa shape index (κ1) is 10.8. The summed E-state index contributed by atoms with van der Waals surface area (Å²) in [5, 5.41) is 21.8. The van der Waals surface area contributed by atoms with Crippen LogP contribution in [0.15, 0.2) is 18.2 Å². The van der Waals surface area contributed by atoms with Crippen LogP contribution in [0.25, 0.3) is 0 Å². The first-order valence-electron chi connectivity index (χ1n) is 5.50. The SMILES string of the molecule is O=C(NC1CCCC1)c1c(O)cccc1O. The molecule has 0 aliphatic heterocycles. The molecule has 1 aromatic rings. The third-order valence-corrected chi connectivity index (χ3v) is 2.94. The number of benzene rings is 1. The molecule has 4 heteroatoms. The van der Waals surface area contributed by atoms with Gasteiger partial charge in [0, 0.05) is 6.04 Å². The van der Waals surface area contributed by atoms with E-state index in [1.165, 1.54) is 18.2 Å². The zero-order valence-corrected chi connectivity index (χ0v) is 8.94. The number of amides is 1. The lowest BCUT2D eigenvalue weighted by atomic mass is 10.1. The predicted octanol–water partition coefficient (Wildman–Crippen LogP) is 1.77. The van der Waals surface area contributed by atoms with E-state index in [1.54, 1.807) is 0 Å². The van der Waals surface area contributed by atoms with Crippen LogP contribution in [0.1, 0.15) is 36.0 Å². The highest BCUT2D eigenvalue weighted by Gasteiger charge is 2.21. The van der Waals surface area contributed by atoms with Crippen molar-refractivity contribution in [1.82, 2.24) is 5.32 Å². The minimum Gasteiger partial charge on any atom is -0.507 e. The van der Waals surface area contributed by atoms with Gasteiger partial charge >= 0.3 is 0 Å². The number of rotatable bonds is 2. The van der Waals surface area contributed by atoms with Crippen LogP contribution in [-0.2, 0) is 0 Å². The van der Waals surface area contributed by atoms with Crippen molar-refractivity contribution in [3.8, 4) is 11.5 Å². The fraction of sp³-hybridized carbons (Fsp3) is 0.417. The quantitative estimate of drug-likeness (QED) is 0.712. The summed E-state index contributed by atoms with van der Waals surface area (Å²) in [4.78, 5) is 11.8. The van der Waals surface area contributed by atoms with Crippen LogP contribution in [0.4, 0.5) is 0 Å². The molecule has 0 saturated heterocycles. The number of aromatic hydroxyl groups is 2. The van der Waals surface area contributed by atoms with E-state index >= 15 is 0 Å². The van der Waals surface area contributed by atoms with Crippen molar-refractivity contribution in [3.63, 3.8) is 0 Å². The summed E-state index contributed by atoms with van der Waals surface area (Å²) < 4.78 is 0. The van der Waals surface area contributed by atoms with Gasteiger partial charge in [-0.25, -0.2) is 0 Å². The fourth-order valence-corrected chi connectivity index (χ4v) is 2.09. The Morgan fingerprint density at radius 1 is 1.19 bits per heavy atom. The van der Waals surface area contributed by atoms with E-state index in [9.17, 15) is 15.0 Å². The molecule has 0 radical (unpaired) electrons. The highest BCUT2D eigenvalue weighted by atomic mass is 16.3. The number of phenolic OH excluding ortho intramolecular Hbond substituents is 2. The second-order valence-electron chi connectivity index (χ2n) is 4.13. The van der Waals surface area contributed by atoms with Crippen LogP contribution in [0.3, 0.4) is 0 Å². The van der Waals surface area contributed by atoms with Crippen molar-refractivity contribution in [1.29, 1.82) is 0 Å². The Hall–Kier alpha value is -1.71. The Morgan fingerprint density at radius 2 is 1.75 bits per heavy atom. The molecule has 0 bridgehead atoms. The lowest BCUT2D eigenvalue weighted by Crippen LogP contribution is -2.32. The van der Waals surface area contributed by atoms with E-state index in [2.05, 4.69) is 5.32 Å². The number of carbonyl (C=O) groups excluding carboxylic acids is 1. The molecule has 86 valence electrons. The summed E-state index contributed by atoms with van der Waals surface area (Å²) in [6.07, 6.45) is 4.19. The van der Waals surface area contributed by atoms with Crippen LogP contribution in [0.5, 0.6) is 11.5 Å². The van der Waals surface area contributed by atoms with E-state index in [4.69, 9.17) is 0 Å². The lowest BCUT2D eigenvalue weighted by Gasteiger charge is -2.13. The molecule has 16 heavy (non-hydrogen) atoms. The monoisotopic (exact) mass is 221 g/mol. The number of carbonyl (C=O) groups is 1. The van der Waals surface area contributed by atoms with Gasteiger partial charge < -0.3 is 15.5 Å². The summed E-state index contributed by atoms with van der Waals surface area (Å²) >= 11 is 0. The van der Waals surface area contributed by atoms with Gasteiger partial charge in [-0.1, -0.05) is 18.9 Å². The van der Waals surface area contributed by atoms with Crippen LogP contribution < -0.4 is 5.32 Å². The van der Waals surface area contributed by atoms with Gasteiger partial charge in [-0.3, -0.25) is 4.79 Å². The molecule has 1 amide bonds. The topological polar surface area (TPSA) is 69.6 Å². The first-order valence-corrected chi connectivity index (χ1v) is 5.50. The summed E-state index contributed by atoms with van der Waals surface area (Å²) in [7, 11) is 0. The summed E-state index contributed by atoms with van der Waals surface area (Å²) in [6, 6.07) is 4.45. The van der Waals surface area contributed by atoms with E-state index in [0.717, 1.165) is 25.7 Å². The first-order chi connectivity index (χ1) is 7.68. The Morgan fingerprint density at radius 3 is 2.31 bits per heavy atom. The van der Waals surface area contributed by atoms with Gasteiger partial charge in [0.15, 0.2) is 0 Å². The Kier molecular flexibility index (Phi) is 2.99. The van der Waals surface area contributed by atoms with Crippen LogP contribution in [-0.4, -0.2) is 22.2 Å². The maximum absolute atomic E-state index is 11.8. The molecule has 0 aromatic heterocycles. The third kappa shape index (κ3) is 2.10. The average molecular weight is 221 g/mol. The highest BCUT2D eigenvalue weighted by Crippen LogP contribution is 2.27. The minimum absolute atomic E-state index is 0.0330. The molecule has 0 atom stereocenters. The van der Waals surface area contributed by atoms with Crippen molar-refractivity contribution in [2.45, 2.75) is 31.7 Å². The van der Waals surface area contributed by atoms with Crippen molar-refractivity contribution < 1.29 is 15.0 Å². The number of hydrogen-bond donors (Lipinski definition) is 3. The molecule has 1 fully saturated rings. The molecule has 0 spiro atoms. The molecule has 3 N–H and O–H groups in total. The molecular formula is C12H15NO3. The maximum Gasteiger partial charge on any atom is 0.259 e. The van der Waals surface area contributed by atoms with Gasteiger partial charge in [-0.15, -0.1) is 0 Å². The van der Waals surface area contributed by atoms with Crippen LogP contribution in [0.2, 0.25) is 0 Å². The van der Waals surface area contributed by atoms with E-state index in [1.807, 2.05) is 0 Å². The molecule has 1 aliphatic carbocycles. The average Bonchev–Trinajstić information content (AvgIpc) is 2.70. The number of hydrogen-bond acceptors (Lipinski definition) is 3. The highest BCUT2D eigenvalue weighted by molar-refractivity contribution is 5.99. The van der Waals surface area contributed by atoms with Gasteiger partial charge in [0.05, 0.1) is 0 Å². The third-order valence-electron chi connectivity index (χ3n) is 2.94. The summed E-state index contributed by atoms with van der Waals surface area (Å²) in [5.74, 6) is -0.770. The molecule has 0 unspecified atom stereocenters. The van der Waals surface area contributed by atoms with Crippen molar-refractivity contribution in [2.24, 2.45) is 0 Å². The normalized spacial score (nSPS) is 16.2.